The fourth-order valence-electron chi connectivity index (χ4n) is 2.59. The first-order valence-corrected chi connectivity index (χ1v) is 6.73. The van der Waals surface area contributed by atoms with Gasteiger partial charge in [0.1, 0.15) is 5.54 Å². The largest absolute Gasteiger partial charge is 0.467 e. The molecule has 1 heterocycles. The van der Waals surface area contributed by atoms with E-state index >= 15 is 0 Å². The molecule has 1 aliphatic heterocycles. The van der Waals surface area contributed by atoms with Crippen LogP contribution in [-0.4, -0.2) is 42.6 Å². The van der Waals surface area contributed by atoms with E-state index in [0.717, 1.165) is 18.7 Å². The van der Waals surface area contributed by atoms with Gasteiger partial charge in [0.2, 0.25) is 0 Å². The van der Waals surface area contributed by atoms with Crippen molar-refractivity contribution in [2.75, 3.05) is 25.5 Å². The summed E-state index contributed by atoms with van der Waals surface area (Å²) in [6, 6.07) is 10.3. The van der Waals surface area contributed by atoms with Crippen LogP contribution in [0.3, 0.4) is 0 Å². The molecule has 0 aromatic heterocycles. The van der Waals surface area contributed by atoms with Gasteiger partial charge in [-0.1, -0.05) is 18.2 Å². The van der Waals surface area contributed by atoms with Crippen molar-refractivity contribution in [3.8, 4) is 0 Å². The number of rotatable bonds is 4. The Hall–Kier alpha value is -1.55. The van der Waals surface area contributed by atoms with E-state index in [0.29, 0.717) is 12.6 Å². The highest BCUT2D eigenvalue weighted by Crippen LogP contribution is 2.28. The fraction of sp³-hybridized carbons (Fsp3) is 0.533. The molecule has 1 atom stereocenters. The van der Waals surface area contributed by atoms with Gasteiger partial charge in [0, 0.05) is 24.8 Å². The van der Waals surface area contributed by atoms with Gasteiger partial charge >= 0.3 is 5.97 Å². The molecule has 2 rings (SSSR count). The average Bonchev–Trinajstić information content (AvgIpc) is 2.84. The number of nitrogens with one attached hydrogen (secondary N) is 1. The molecule has 104 valence electrons. The summed E-state index contributed by atoms with van der Waals surface area (Å²) in [6.45, 7) is 5.89. The predicted octanol–water partition coefficient (Wildman–Crippen LogP) is 2.12. The lowest BCUT2D eigenvalue weighted by Gasteiger charge is -2.30. The van der Waals surface area contributed by atoms with Crippen molar-refractivity contribution in [3.63, 3.8) is 0 Å². The maximum absolute atomic E-state index is 12.2. The van der Waals surface area contributed by atoms with Crippen molar-refractivity contribution in [3.05, 3.63) is 30.3 Å². The van der Waals surface area contributed by atoms with Crippen LogP contribution in [0.5, 0.6) is 0 Å². The van der Waals surface area contributed by atoms with Crippen molar-refractivity contribution in [1.82, 2.24) is 4.90 Å². The number of hydrogen-bond acceptors (Lipinski definition) is 4. The molecule has 4 nitrogen and oxygen atoms in total. The number of anilines is 1. The number of ether oxygens (including phenoxy) is 1. The fourth-order valence-corrected chi connectivity index (χ4v) is 2.59. The third-order valence-electron chi connectivity index (χ3n) is 3.76. The summed E-state index contributed by atoms with van der Waals surface area (Å²) in [5, 5.41) is 3.37. The summed E-state index contributed by atoms with van der Waals surface area (Å²) in [5.41, 5.74) is 0.332. The Morgan fingerprint density at radius 3 is 2.58 bits per heavy atom. The van der Waals surface area contributed by atoms with Crippen LogP contribution < -0.4 is 5.32 Å². The summed E-state index contributed by atoms with van der Waals surface area (Å²) >= 11 is 0. The topological polar surface area (TPSA) is 41.6 Å². The molecular formula is C15H22N2O2. The molecular weight excluding hydrogens is 240 g/mol. The van der Waals surface area contributed by atoms with Crippen molar-refractivity contribution in [2.24, 2.45) is 0 Å². The van der Waals surface area contributed by atoms with E-state index in [4.69, 9.17) is 4.74 Å². The molecule has 1 aliphatic rings. The molecule has 1 fully saturated rings. The number of carbonyl (C=O) groups is 1. The van der Waals surface area contributed by atoms with Crippen LogP contribution in [0.1, 0.15) is 20.3 Å². The summed E-state index contributed by atoms with van der Waals surface area (Å²) < 4.78 is 5.01. The van der Waals surface area contributed by atoms with E-state index in [1.165, 1.54) is 7.11 Å². The number of likely N-dealkylation sites (tertiary alicyclic amines) is 1. The third kappa shape index (κ3) is 2.89. The molecule has 0 spiro atoms. The summed E-state index contributed by atoms with van der Waals surface area (Å²) in [7, 11) is 1.45. The number of hydrogen-bond donors (Lipinski definition) is 1. The van der Waals surface area contributed by atoms with Gasteiger partial charge in [0.15, 0.2) is 0 Å². The van der Waals surface area contributed by atoms with Gasteiger partial charge in [-0.2, -0.15) is 0 Å². The molecule has 1 saturated heterocycles. The van der Waals surface area contributed by atoms with Gasteiger partial charge in [-0.25, -0.2) is 4.79 Å². The second-order valence-electron chi connectivity index (χ2n) is 5.38. The Balaban J connectivity index is 2.20. The van der Waals surface area contributed by atoms with Gasteiger partial charge in [-0.3, -0.25) is 4.90 Å². The molecule has 1 aromatic carbocycles. The number of nitrogens with zero attached hydrogens (tertiary/aromatic N) is 1. The van der Waals surface area contributed by atoms with Gasteiger partial charge in [0.25, 0.3) is 0 Å². The van der Waals surface area contributed by atoms with Gasteiger partial charge < -0.3 is 10.1 Å². The minimum atomic E-state index is -0.625. The summed E-state index contributed by atoms with van der Waals surface area (Å²) in [5.74, 6) is -0.181. The molecule has 0 amide bonds. The molecule has 1 aromatic rings. The molecule has 0 saturated carbocycles. The lowest BCUT2D eigenvalue weighted by Crippen LogP contribution is -2.50. The quantitative estimate of drug-likeness (QED) is 0.844. The summed E-state index contributed by atoms with van der Waals surface area (Å²) in [6.07, 6.45) is 0.771. The highest BCUT2D eigenvalue weighted by atomic mass is 16.5. The van der Waals surface area contributed by atoms with Crippen LogP contribution in [0.2, 0.25) is 0 Å². The van der Waals surface area contributed by atoms with Gasteiger partial charge in [-0.15, -0.1) is 0 Å². The third-order valence-corrected chi connectivity index (χ3v) is 3.76. The predicted molar refractivity (Wildman–Crippen MR) is 76.1 cm³/mol. The Bertz CT molecular complexity index is 433. The van der Waals surface area contributed by atoms with Crippen LogP contribution in [0.25, 0.3) is 0 Å². The Morgan fingerprint density at radius 1 is 1.37 bits per heavy atom. The van der Waals surface area contributed by atoms with Crippen LogP contribution >= 0.6 is 0 Å². The monoisotopic (exact) mass is 262 g/mol. The minimum Gasteiger partial charge on any atom is -0.467 e. The van der Waals surface area contributed by atoms with Crippen molar-refractivity contribution < 1.29 is 9.53 Å². The molecule has 0 radical (unpaired) electrons. The Labute approximate surface area is 114 Å². The summed E-state index contributed by atoms with van der Waals surface area (Å²) in [4.78, 5) is 14.5. The number of carbonyl (C=O) groups excluding carboxylic acids is 1. The van der Waals surface area contributed by atoms with E-state index in [9.17, 15) is 4.79 Å². The molecule has 1 N–H and O–H groups in total. The minimum absolute atomic E-state index is 0.181. The molecule has 1 unspecified atom stereocenters. The van der Waals surface area contributed by atoms with E-state index < -0.39 is 5.54 Å². The lowest BCUT2D eigenvalue weighted by atomic mass is 9.98. The standard InChI is InChI=1S/C15H22N2O2/c1-12(2)17-10-9-15(11-17,14(18)19-3)16-13-7-5-4-6-8-13/h4-8,12,16H,9-11H2,1-3H3. The van der Waals surface area contributed by atoms with Crippen LogP contribution in [-0.2, 0) is 9.53 Å². The maximum Gasteiger partial charge on any atom is 0.332 e. The van der Waals surface area contributed by atoms with Crippen LogP contribution in [0, 0.1) is 0 Å². The van der Waals surface area contributed by atoms with Crippen molar-refractivity contribution >= 4 is 11.7 Å². The van der Waals surface area contributed by atoms with Crippen LogP contribution in [0.15, 0.2) is 30.3 Å². The SMILES string of the molecule is COC(=O)C1(Nc2ccccc2)CCN(C(C)C)C1. The second kappa shape index (κ2) is 5.61. The average molecular weight is 262 g/mol. The normalized spacial score (nSPS) is 23.6. The lowest BCUT2D eigenvalue weighted by molar-refractivity contribution is -0.145. The first-order chi connectivity index (χ1) is 9.07. The number of methoxy groups -OCH3 is 1. The molecule has 0 aliphatic carbocycles. The van der Waals surface area contributed by atoms with Crippen molar-refractivity contribution in [2.45, 2.75) is 31.8 Å². The van der Waals surface area contributed by atoms with Gasteiger partial charge in [0.05, 0.1) is 7.11 Å². The molecule has 0 bridgehead atoms. The van der Waals surface area contributed by atoms with Gasteiger partial charge in [-0.05, 0) is 32.4 Å². The zero-order valence-electron chi connectivity index (χ0n) is 11.8. The maximum atomic E-state index is 12.2. The Morgan fingerprint density at radius 2 is 2.05 bits per heavy atom. The number of esters is 1. The number of para-hydroxylation sites is 1. The smallest absolute Gasteiger partial charge is 0.332 e. The zero-order chi connectivity index (χ0) is 13.9. The highest BCUT2D eigenvalue weighted by Gasteiger charge is 2.46. The van der Waals surface area contributed by atoms with E-state index in [1.807, 2.05) is 30.3 Å². The van der Waals surface area contributed by atoms with Crippen molar-refractivity contribution in [1.29, 1.82) is 0 Å². The molecule has 19 heavy (non-hydrogen) atoms. The van der Waals surface area contributed by atoms with E-state index in [-0.39, 0.29) is 5.97 Å². The number of benzene rings is 1. The first-order valence-electron chi connectivity index (χ1n) is 6.73. The first kappa shape index (κ1) is 13.9. The second-order valence-corrected chi connectivity index (χ2v) is 5.38. The Kier molecular flexibility index (Phi) is 4.10. The highest BCUT2D eigenvalue weighted by molar-refractivity contribution is 5.85. The van der Waals surface area contributed by atoms with Crippen LogP contribution in [0.4, 0.5) is 5.69 Å². The molecule has 4 heteroatoms. The zero-order valence-corrected chi connectivity index (χ0v) is 11.8. The van der Waals surface area contributed by atoms with E-state index in [1.54, 1.807) is 0 Å². The van der Waals surface area contributed by atoms with E-state index in [2.05, 4.69) is 24.1 Å².